The van der Waals surface area contributed by atoms with Crippen molar-refractivity contribution in [3.63, 3.8) is 0 Å². The van der Waals surface area contributed by atoms with E-state index in [0.717, 1.165) is 10.9 Å². The zero-order valence-electron chi connectivity index (χ0n) is 11.0. The van der Waals surface area contributed by atoms with E-state index < -0.39 is 11.6 Å². The molecule has 2 aromatic heterocycles. The van der Waals surface area contributed by atoms with Gasteiger partial charge in [-0.2, -0.15) is 5.10 Å². The van der Waals surface area contributed by atoms with Crippen molar-refractivity contribution in [3.05, 3.63) is 41.3 Å². The fourth-order valence-corrected chi connectivity index (χ4v) is 2.94. The number of nitrogens with zero attached hydrogens (tertiary/aromatic N) is 1. The third kappa shape index (κ3) is 2.47. The molecule has 0 saturated carbocycles. The molecule has 0 saturated heterocycles. The molecule has 0 aliphatic rings. The van der Waals surface area contributed by atoms with Crippen molar-refractivity contribution in [3.8, 4) is 27.4 Å². The number of nitrogen functional groups attached to an aromatic ring is 1. The van der Waals surface area contributed by atoms with Crippen molar-refractivity contribution in [2.45, 2.75) is 0 Å². The number of methoxy groups -OCH3 is 1. The summed E-state index contributed by atoms with van der Waals surface area (Å²) in [6, 6.07) is 5.06. The van der Waals surface area contributed by atoms with Gasteiger partial charge in [-0.1, -0.05) is 0 Å². The number of nitrogens with one attached hydrogen (secondary N) is 1. The van der Waals surface area contributed by atoms with Gasteiger partial charge < -0.3 is 10.5 Å². The van der Waals surface area contributed by atoms with Crippen LogP contribution < -0.4 is 10.5 Å². The second-order valence-electron chi connectivity index (χ2n) is 4.37. The predicted octanol–water partition coefficient (Wildman–Crippen LogP) is 3.67. The lowest BCUT2D eigenvalue weighted by atomic mass is 10.0. The van der Waals surface area contributed by atoms with E-state index in [1.54, 1.807) is 13.2 Å². The van der Waals surface area contributed by atoms with Crippen LogP contribution in [0.2, 0.25) is 0 Å². The van der Waals surface area contributed by atoms with Crippen molar-refractivity contribution < 1.29 is 13.5 Å². The Kier molecular flexibility index (Phi) is 3.34. The van der Waals surface area contributed by atoms with Crippen molar-refractivity contribution in [1.82, 2.24) is 10.2 Å². The first-order valence-corrected chi connectivity index (χ1v) is 6.89. The number of rotatable bonds is 3. The van der Waals surface area contributed by atoms with Crippen molar-refractivity contribution in [2.24, 2.45) is 0 Å². The number of halogens is 2. The summed E-state index contributed by atoms with van der Waals surface area (Å²) in [4.78, 5) is 0.815. The van der Waals surface area contributed by atoms with Crippen LogP contribution in [0.3, 0.4) is 0 Å². The summed E-state index contributed by atoms with van der Waals surface area (Å²) < 4.78 is 32.0. The van der Waals surface area contributed by atoms with Gasteiger partial charge in [-0.05, 0) is 17.7 Å². The number of aromatic nitrogens is 2. The van der Waals surface area contributed by atoms with Crippen LogP contribution in [0.15, 0.2) is 29.6 Å². The van der Waals surface area contributed by atoms with Gasteiger partial charge in [0, 0.05) is 17.5 Å². The number of nitrogens with two attached hydrogens (primary N) is 1. The van der Waals surface area contributed by atoms with Gasteiger partial charge in [0.15, 0.2) is 5.82 Å². The highest BCUT2D eigenvalue weighted by molar-refractivity contribution is 7.13. The summed E-state index contributed by atoms with van der Waals surface area (Å²) in [5, 5.41) is 8.56. The van der Waals surface area contributed by atoms with Crippen LogP contribution in [-0.4, -0.2) is 17.3 Å². The monoisotopic (exact) mass is 307 g/mol. The molecule has 0 radical (unpaired) electrons. The summed E-state index contributed by atoms with van der Waals surface area (Å²) in [5.41, 5.74) is 7.24. The molecule has 0 aliphatic heterocycles. The average Bonchev–Trinajstić information content (AvgIpc) is 3.03. The minimum Gasteiger partial charge on any atom is -0.496 e. The smallest absolute Gasteiger partial charge is 0.153 e. The largest absolute Gasteiger partial charge is 0.496 e. The van der Waals surface area contributed by atoms with E-state index in [9.17, 15) is 8.78 Å². The second-order valence-corrected chi connectivity index (χ2v) is 5.28. The molecule has 0 bridgehead atoms. The molecule has 7 heteroatoms. The maximum atomic E-state index is 13.4. The van der Waals surface area contributed by atoms with Gasteiger partial charge in [-0.3, -0.25) is 5.10 Å². The van der Waals surface area contributed by atoms with Gasteiger partial charge in [0.2, 0.25) is 0 Å². The molecule has 1 aromatic carbocycles. The first-order chi connectivity index (χ1) is 10.1. The van der Waals surface area contributed by atoms with E-state index in [1.807, 2.05) is 5.38 Å². The summed E-state index contributed by atoms with van der Waals surface area (Å²) >= 11 is 1.42. The Bertz CT molecular complexity index is 777. The van der Waals surface area contributed by atoms with E-state index in [2.05, 4.69) is 10.2 Å². The van der Waals surface area contributed by atoms with Gasteiger partial charge in [0.1, 0.15) is 17.4 Å². The Labute approximate surface area is 123 Å². The highest BCUT2D eigenvalue weighted by Crippen LogP contribution is 2.39. The fourth-order valence-electron chi connectivity index (χ4n) is 2.08. The average molecular weight is 307 g/mol. The minimum atomic E-state index is -0.666. The fraction of sp³-hybridized carbons (Fsp3) is 0.0714. The van der Waals surface area contributed by atoms with Gasteiger partial charge >= 0.3 is 0 Å². The highest BCUT2D eigenvalue weighted by atomic mass is 32.1. The third-order valence-electron chi connectivity index (χ3n) is 3.00. The van der Waals surface area contributed by atoms with Crippen molar-refractivity contribution in [1.29, 1.82) is 0 Å². The Morgan fingerprint density at radius 3 is 2.52 bits per heavy atom. The first kappa shape index (κ1) is 13.6. The lowest BCUT2D eigenvalue weighted by Crippen LogP contribution is -1.90. The number of hydrogen-bond acceptors (Lipinski definition) is 4. The molecule has 0 amide bonds. The number of aromatic amines is 1. The zero-order valence-corrected chi connectivity index (χ0v) is 11.8. The molecule has 0 unspecified atom stereocenters. The summed E-state index contributed by atoms with van der Waals surface area (Å²) in [5.74, 6) is -0.456. The molecule has 0 atom stereocenters. The molecule has 21 heavy (non-hydrogen) atoms. The summed E-state index contributed by atoms with van der Waals surface area (Å²) in [7, 11) is 1.57. The normalized spacial score (nSPS) is 10.8. The van der Waals surface area contributed by atoms with Gasteiger partial charge in [0.25, 0.3) is 0 Å². The molecule has 3 N–H and O–H groups in total. The van der Waals surface area contributed by atoms with Crippen LogP contribution in [0.5, 0.6) is 5.75 Å². The van der Waals surface area contributed by atoms with Crippen LogP contribution in [0.1, 0.15) is 0 Å². The van der Waals surface area contributed by atoms with Crippen molar-refractivity contribution in [2.75, 3.05) is 12.8 Å². The van der Waals surface area contributed by atoms with E-state index >= 15 is 0 Å². The number of thiophene rings is 1. The number of hydrogen-bond donors (Lipinski definition) is 2. The molecule has 4 nitrogen and oxygen atoms in total. The third-order valence-corrected chi connectivity index (χ3v) is 3.93. The molecule has 0 fully saturated rings. The van der Waals surface area contributed by atoms with Crippen LogP contribution in [0, 0.1) is 11.6 Å². The van der Waals surface area contributed by atoms with E-state index in [1.165, 1.54) is 23.5 Å². The molecule has 3 rings (SSSR count). The molecule has 108 valence electrons. The maximum Gasteiger partial charge on any atom is 0.153 e. The Hall–Kier alpha value is -2.41. The predicted molar refractivity (Wildman–Crippen MR) is 78.2 cm³/mol. The lowest BCUT2D eigenvalue weighted by Gasteiger charge is -2.04. The molecular weight excluding hydrogens is 296 g/mol. The quantitative estimate of drug-likeness (QED) is 0.776. The van der Waals surface area contributed by atoms with E-state index in [4.69, 9.17) is 10.5 Å². The maximum absolute atomic E-state index is 13.4. The molecule has 3 aromatic rings. The molecule has 2 heterocycles. The molecule has 0 spiro atoms. The molecule has 0 aliphatic carbocycles. The molecular formula is C14H11F2N3OS. The van der Waals surface area contributed by atoms with Crippen LogP contribution in [0.4, 0.5) is 14.6 Å². The SMILES string of the molecule is COc1csc(-c2[nH]nc(N)c2-c2cc(F)cc(F)c2)c1. The number of benzene rings is 1. The van der Waals surface area contributed by atoms with Crippen LogP contribution >= 0.6 is 11.3 Å². The summed E-state index contributed by atoms with van der Waals surface area (Å²) in [6.45, 7) is 0. The topological polar surface area (TPSA) is 63.9 Å². The lowest BCUT2D eigenvalue weighted by molar-refractivity contribution is 0.417. The van der Waals surface area contributed by atoms with Gasteiger partial charge in [-0.15, -0.1) is 11.3 Å². The van der Waals surface area contributed by atoms with Crippen molar-refractivity contribution >= 4 is 17.2 Å². The Balaban J connectivity index is 2.16. The Morgan fingerprint density at radius 2 is 1.90 bits per heavy atom. The number of anilines is 1. The zero-order chi connectivity index (χ0) is 15.0. The van der Waals surface area contributed by atoms with Crippen LogP contribution in [0.25, 0.3) is 21.7 Å². The first-order valence-electron chi connectivity index (χ1n) is 6.01. The second kappa shape index (κ2) is 5.17. The van der Waals surface area contributed by atoms with E-state index in [0.29, 0.717) is 22.6 Å². The van der Waals surface area contributed by atoms with Gasteiger partial charge in [-0.25, -0.2) is 8.78 Å². The number of H-pyrrole nitrogens is 1. The minimum absolute atomic E-state index is 0.183. The van der Waals surface area contributed by atoms with E-state index in [-0.39, 0.29) is 5.82 Å². The Morgan fingerprint density at radius 1 is 1.19 bits per heavy atom. The van der Waals surface area contributed by atoms with Gasteiger partial charge in [0.05, 0.1) is 23.2 Å². The van der Waals surface area contributed by atoms with Crippen LogP contribution in [-0.2, 0) is 0 Å². The standard InChI is InChI=1S/C14H11F2N3OS/c1-20-10-5-11(21-6-10)13-12(14(17)19-18-13)7-2-8(15)4-9(16)3-7/h2-6H,1H3,(H3,17,18,19). The summed E-state index contributed by atoms with van der Waals surface area (Å²) in [6.07, 6.45) is 0. The highest BCUT2D eigenvalue weighted by Gasteiger charge is 2.18. The number of ether oxygens (including phenoxy) is 1.